The van der Waals surface area contributed by atoms with E-state index in [9.17, 15) is 0 Å². The molecule has 2 nitrogen and oxygen atoms in total. The lowest BCUT2D eigenvalue weighted by atomic mass is 10.1. The number of hydrogen-bond acceptors (Lipinski definition) is 2. The zero-order valence-corrected chi connectivity index (χ0v) is 13.9. The average Bonchev–Trinajstić information content (AvgIpc) is 2.31. The molecule has 2 rings (SSSR count). The summed E-state index contributed by atoms with van der Waals surface area (Å²) < 4.78 is 6.59. The van der Waals surface area contributed by atoms with E-state index in [1.165, 1.54) is 0 Å². The Morgan fingerprint density at radius 3 is 2.67 bits per heavy atom. The molecular formula is C14H17Br2NO. The van der Waals surface area contributed by atoms with Crippen molar-refractivity contribution in [1.82, 2.24) is 4.98 Å². The van der Waals surface area contributed by atoms with Crippen LogP contribution in [0.4, 0.5) is 0 Å². The van der Waals surface area contributed by atoms with Crippen molar-refractivity contribution in [1.29, 1.82) is 0 Å². The van der Waals surface area contributed by atoms with Crippen molar-refractivity contribution in [3.8, 4) is 5.75 Å². The minimum Gasteiger partial charge on any atom is -0.494 e. The van der Waals surface area contributed by atoms with E-state index < -0.39 is 0 Å². The highest BCUT2D eigenvalue weighted by Gasteiger charge is 2.05. The van der Waals surface area contributed by atoms with Gasteiger partial charge in [0.05, 0.1) is 12.1 Å². The number of nitrogens with zero attached hydrogens (tertiary/aromatic N) is 1. The number of hydrogen-bond donors (Lipinski definition) is 0. The largest absolute Gasteiger partial charge is 0.494 e. The first-order chi connectivity index (χ1) is 8.24. The second kappa shape index (κ2) is 7.10. The lowest BCUT2D eigenvalue weighted by Gasteiger charge is -2.07. The minimum absolute atomic E-state index is 0. The van der Waals surface area contributed by atoms with E-state index >= 15 is 0 Å². The van der Waals surface area contributed by atoms with Gasteiger partial charge >= 0.3 is 0 Å². The summed E-state index contributed by atoms with van der Waals surface area (Å²) in [7, 11) is 0. The molecule has 0 radical (unpaired) electrons. The van der Waals surface area contributed by atoms with Gasteiger partial charge in [-0.1, -0.05) is 29.3 Å². The quantitative estimate of drug-likeness (QED) is 0.757. The van der Waals surface area contributed by atoms with Crippen molar-refractivity contribution in [2.75, 3.05) is 6.61 Å². The van der Waals surface area contributed by atoms with E-state index in [-0.39, 0.29) is 17.0 Å². The maximum Gasteiger partial charge on any atom is 0.120 e. The van der Waals surface area contributed by atoms with Crippen LogP contribution >= 0.6 is 32.9 Å². The Hall–Kier alpha value is -0.610. The highest BCUT2D eigenvalue weighted by molar-refractivity contribution is 9.10. The number of benzene rings is 1. The van der Waals surface area contributed by atoms with Gasteiger partial charge in [0, 0.05) is 15.6 Å². The molecule has 1 aromatic heterocycles. The fourth-order valence-corrected chi connectivity index (χ4v) is 2.44. The summed E-state index contributed by atoms with van der Waals surface area (Å²) in [6, 6.07) is 8.12. The monoisotopic (exact) mass is 373 g/mol. The Balaban J connectivity index is 0.00000162. The third-order valence-electron chi connectivity index (χ3n) is 2.60. The number of ether oxygens (including phenoxy) is 1. The predicted octanol–water partition coefficient (Wildman–Crippen LogP) is 4.93. The zero-order chi connectivity index (χ0) is 12.3. The number of fused-ring (bicyclic) bond motifs is 1. The lowest BCUT2D eigenvalue weighted by Crippen LogP contribution is -1.94. The third-order valence-corrected chi connectivity index (χ3v) is 3.26. The maximum atomic E-state index is 5.50. The Morgan fingerprint density at radius 1 is 1.22 bits per heavy atom. The van der Waals surface area contributed by atoms with Gasteiger partial charge in [-0.2, -0.15) is 0 Å². The number of aromatic nitrogens is 1. The number of aryl methyl sites for hydroxylation is 1. The first-order valence-electron chi connectivity index (χ1n) is 5.96. The summed E-state index contributed by atoms with van der Waals surface area (Å²) in [5.41, 5.74) is 2.15. The van der Waals surface area contributed by atoms with Gasteiger partial charge in [-0.25, -0.2) is 0 Å². The molecule has 18 heavy (non-hydrogen) atoms. The second-order valence-electron chi connectivity index (χ2n) is 3.96. The molecule has 0 aliphatic carbocycles. The standard InChI is InChI=1S/C14H16BrNO.BrH/c1-3-5-10-8-13(15)12-9-11(17-4-2)6-7-14(12)16-10;/h6-9H,3-5H2,1-2H3;1H. The number of pyridine rings is 1. The van der Waals surface area contributed by atoms with Crippen LogP contribution in [0.15, 0.2) is 28.7 Å². The van der Waals surface area contributed by atoms with E-state index in [1.807, 2.05) is 25.1 Å². The molecule has 0 saturated heterocycles. The highest BCUT2D eigenvalue weighted by Crippen LogP contribution is 2.27. The number of rotatable bonds is 4. The molecule has 0 bridgehead atoms. The number of halogens is 2. The van der Waals surface area contributed by atoms with Crippen LogP contribution in [0.25, 0.3) is 10.9 Å². The van der Waals surface area contributed by atoms with E-state index in [0.29, 0.717) is 6.61 Å². The van der Waals surface area contributed by atoms with Crippen LogP contribution in [-0.2, 0) is 6.42 Å². The second-order valence-corrected chi connectivity index (χ2v) is 4.81. The van der Waals surface area contributed by atoms with Crippen LogP contribution in [0, 0.1) is 0 Å². The van der Waals surface area contributed by atoms with Crippen molar-refractivity contribution < 1.29 is 4.74 Å². The smallest absolute Gasteiger partial charge is 0.120 e. The molecule has 0 atom stereocenters. The Bertz CT molecular complexity index is 528. The van der Waals surface area contributed by atoms with E-state index in [2.05, 4.69) is 33.9 Å². The molecule has 0 fully saturated rings. The molecule has 0 spiro atoms. The van der Waals surface area contributed by atoms with Gasteiger partial charge in [0.15, 0.2) is 0 Å². The summed E-state index contributed by atoms with van der Waals surface area (Å²) in [6.07, 6.45) is 2.13. The fraction of sp³-hybridized carbons (Fsp3) is 0.357. The van der Waals surface area contributed by atoms with Gasteiger partial charge in [0.2, 0.25) is 0 Å². The van der Waals surface area contributed by atoms with Gasteiger partial charge in [-0.3, -0.25) is 4.98 Å². The van der Waals surface area contributed by atoms with E-state index in [4.69, 9.17) is 4.74 Å². The molecule has 0 aliphatic heterocycles. The Labute approximate surface area is 127 Å². The van der Waals surface area contributed by atoms with Crippen LogP contribution in [0.1, 0.15) is 26.0 Å². The first-order valence-corrected chi connectivity index (χ1v) is 6.76. The summed E-state index contributed by atoms with van der Waals surface area (Å²) in [5.74, 6) is 0.894. The van der Waals surface area contributed by atoms with Crippen molar-refractivity contribution in [3.63, 3.8) is 0 Å². The average molecular weight is 375 g/mol. The van der Waals surface area contributed by atoms with Crippen LogP contribution in [-0.4, -0.2) is 11.6 Å². The summed E-state index contributed by atoms with van der Waals surface area (Å²) in [5, 5.41) is 1.11. The van der Waals surface area contributed by atoms with Gasteiger partial charge in [0.1, 0.15) is 5.75 Å². The lowest BCUT2D eigenvalue weighted by molar-refractivity contribution is 0.340. The molecule has 1 aromatic carbocycles. The molecule has 98 valence electrons. The summed E-state index contributed by atoms with van der Waals surface area (Å²) in [6.45, 7) is 4.84. The highest BCUT2D eigenvalue weighted by atomic mass is 79.9. The Kier molecular flexibility index (Phi) is 6.09. The molecule has 0 N–H and O–H groups in total. The van der Waals surface area contributed by atoms with E-state index in [1.54, 1.807) is 0 Å². The van der Waals surface area contributed by atoms with Crippen molar-refractivity contribution in [2.45, 2.75) is 26.7 Å². The minimum atomic E-state index is 0. The zero-order valence-electron chi connectivity index (χ0n) is 10.6. The third kappa shape index (κ3) is 3.45. The molecular weight excluding hydrogens is 358 g/mol. The predicted molar refractivity (Wildman–Crippen MR) is 84.9 cm³/mol. The van der Waals surface area contributed by atoms with Gasteiger partial charge < -0.3 is 4.74 Å². The van der Waals surface area contributed by atoms with Gasteiger partial charge in [0.25, 0.3) is 0 Å². The molecule has 0 aliphatic rings. The topological polar surface area (TPSA) is 22.1 Å². The van der Waals surface area contributed by atoms with Crippen molar-refractivity contribution in [2.24, 2.45) is 0 Å². The van der Waals surface area contributed by atoms with Crippen LogP contribution in [0.3, 0.4) is 0 Å². The van der Waals surface area contributed by atoms with Crippen molar-refractivity contribution in [3.05, 3.63) is 34.4 Å². The van der Waals surface area contributed by atoms with Crippen LogP contribution in [0.2, 0.25) is 0 Å². The van der Waals surface area contributed by atoms with E-state index in [0.717, 1.165) is 39.7 Å². The van der Waals surface area contributed by atoms with Crippen molar-refractivity contribution >= 4 is 43.8 Å². The fourth-order valence-electron chi connectivity index (χ4n) is 1.86. The molecule has 0 saturated carbocycles. The SMILES string of the molecule is Br.CCCc1cc(Br)c2cc(OCC)ccc2n1. The molecule has 0 amide bonds. The maximum absolute atomic E-state index is 5.50. The molecule has 1 heterocycles. The first kappa shape index (κ1) is 15.4. The molecule has 4 heteroatoms. The van der Waals surface area contributed by atoms with Gasteiger partial charge in [-0.05, 0) is 37.6 Å². The summed E-state index contributed by atoms with van der Waals surface area (Å²) in [4.78, 5) is 4.64. The summed E-state index contributed by atoms with van der Waals surface area (Å²) >= 11 is 3.61. The Morgan fingerprint density at radius 2 is 2.00 bits per heavy atom. The van der Waals surface area contributed by atoms with Crippen LogP contribution < -0.4 is 4.74 Å². The van der Waals surface area contributed by atoms with Crippen LogP contribution in [0.5, 0.6) is 5.75 Å². The molecule has 2 aromatic rings. The molecule has 0 unspecified atom stereocenters. The normalized spacial score (nSPS) is 10.2. The van der Waals surface area contributed by atoms with Gasteiger partial charge in [-0.15, -0.1) is 17.0 Å².